The lowest BCUT2D eigenvalue weighted by molar-refractivity contribution is -0.131. The van der Waals surface area contributed by atoms with Gasteiger partial charge in [0, 0.05) is 30.1 Å². The molecule has 7 heteroatoms. The Hall–Kier alpha value is -3.14. The average Bonchev–Trinajstić information content (AvgIpc) is 3.39. The number of anilines is 1. The summed E-state index contributed by atoms with van der Waals surface area (Å²) in [7, 11) is 0. The number of hydrogen-bond donors (Lipinski definition) is 2. The molecule has 0 spiro atoms. The molecule has 4 rings (SSSR count). The molecule has 0 unspecified atom stereocenters. The predicted molar refractivity (Wildman–Crippen MR) is 101 cm³/mol. The van der Waals surface area contributed by atoms with Gasteiger partial charge in [-0.25, -0.2) is 4.98 Å². The first-order valence-electron chi connectivity index (χ1n) is 9.23. The summed E-state index contributed by atoms with van der Waals surface area (Å²) in [6, 6.07) is 5.74. The maximum atomic E-state index is 12.1. The first kappa shape index (κ1) is 17.3. The van der Waals surface area contributed by atoms with Gasteiger partial charge in [0.05, 0.1) is 6.07 Å². The van der Waals surface area contributed by atoms with E-state index in [0.29, 0.717) is 18.8 Å². The van der Waals surface area contributed by atoms with Crippen molar-refractivity contribution in [2.45, 2.75) is 38.6 Å². The molecule has 1 aliphatic carbocycles. The first-order chi connectivity index (χ1) is 13.1. The third-order valence-corrected chi connectivity index (χ3v) is 5.18. The van der Waals surface area contributed by atoms with Gasteiger partial charge >= 0.3 is 0 Å². The molecule has 1 saturated carbocycles. The average molecular weight is 363 g/mol. The zero-order chi connectivity index (χ0) is 19.0. The van der Waals surface area contributed by atoms with E-state index in [0.717, 1.165) is 35.0 Å². The lowest BCUT2D eigenvalue weighted by Crippen LogP contribution is -2.40. The van der Waals surface area contributed by atoms with Crippen LogP contribution in [0.15, 0.2) is 24.4 Å². The number of carbonyl (C=O) groups excluding carboxylic acids is 2. The Bertz CT molecular complexity index is 980. The smallest absolute Gasteiger partial charge is 0.237 e. The summed E-state index contributed by atoms with van der Waals surface area (Å²) in [6.07, 6.45) is 6.39. The van der Waals surface area contributed by atoms with E-state index >= 15 is 0 Å². The van der Waals surface area contributed by atoms with Gasteiger partial charge in [-0.05, 0) is 49.5 Å². The summed E-state index contributed by atoms with van der Waals surface area (Å²) in [5, 5.41) is 12.7. The van der Waals surface area contributed by atoms with E-state index in [9.17, 15) is 9.59 Å². The van der Waals surface area contributed by atoms with E-state index in [1.165, 1.54) is 0 Å². The molecule has 0 aromatic carbocycles. The Labute approximate surface area is 157 Å². The zero-order valence-corrected chi connectivity index (χ0v) is 15.2. The Balaban J connectivity index is 1.65. The molecule has 7 nitrogen and oxygen atoms in total. The molecule has 2 aromatic rings. The van der Waals surface area contributed by atoms with E-state index in [1.54, 1.807) is 4.90 Å². The van der Waals surface area contributed by atoms with Crippen molar-refractivity contribution in [3.05, 3.63) is 30.0 Å². The van der Waals surface area contributed by atoms with Crippen LogP contribution in [0.25, 0.3) is 16.6 Å². The Morgan fingerprint density at radius 2 is 2.26 bits per heavy atom. The Kier molecular flexibility index (Phi) is 4.40. The van der Waals surface area contributed by atoms with Gasteiger partial charge in [-0.3, -0.25) is 9.59 Å². The highest BCUT2D eigenvalue weighted by Gasteiger charge is 2.30. The van der Waals surface area contributed by atoms with Gasteiger partial charge in [0.15, 0.2) is 0 Å². The van der Waals surface area contributed by atoms with Gasteiger partial charge in [-0.1, -0.05) is 6.08 Å². The quantitative estimate of drug-likeness (QED) is 0.872. The van der Waals surface area contributed by atoms with Crippen LogP contribution >= 0.6 is 0 Å². The third kappa shape index (κ3) is 3.43. The normalized spacial score (nSPS) is 19.5. The summed E-state index contributed by atoms with van der Waals surface area (Å²) in [6.45, 7) is 2.53. The van der Waals surface area contributed by atoms with E-state index in [-0.39, 0.29) is 30.2 Å². The van der Waals surface area contributed by atoms with Crippen LogP contribution < -0.4 is 5.32 Å². The topological polar surface area (TPSA) is 102 Å². The maximum Gasteiger partial charge on any atom is 0.237 e. The molecule has 27 heavy (non-hydrogen) atoms. The van der Waals surface area contributed by atoms with Crippen LogP contribution in [0.5, 0.6) is 0 Å². The number of nitrogens with one attached hydrogen (secondary N) is 2. The molecule has 0 saturated heterocycles. The fraction of sp³-hybridized carbons (Fsp3) is 0.400. The summed E-state index contributed by atoms with van der Waals surface area (Å²) < 4.78 is 0. The van der Waals surface area contributed by atoms with Crippen LogP contribution in [-0.4, -0.2) is 39.3 Å². The van der Waals surface area contributed by atoms with Gasteiger partial charge in [-0.2, -0.15) is 5.26 Å². The number of fused-ring (bicyclic) bond motifs is 1. The number of aromatic amines is 1. The molecular weight excluding hydrogens is 342 g/mol. The number of nitriles is 1. The molecular formula is C20H21N5O2. The second-order valence-electron chi connectivity index (χ2n) is 7.16. The molecule has 138 valence electrons. The summed E-state index contributed by atoms with van der Waals surface area (Å²) in [5.41, 5.74) is 2.87. The SMILES string of the molecule is C[C@H]1C=C(c2cc(NC(=O)C3CC3)nc3[nH]ccc23)CCN1C(=O)CC#N. The molecule has 0 radical (unpaired) electrons. The highest BCUT2D eigenvalue weighted by molar-refractivity contribution is 5.97. The maximum absolute atomic E-state index is 12.1. The van der Waals surface area contributed by atoms with Crippen molar-refractivity contribution in [3.8, 4) is 6.07 Å². The second-order valence-corrected chi connectivity index (χ2v) is 7.16. The molecule has 0 bridgehead atoms. The van der Waals surface area contributed by atoms with Gasteiger partial charge in [0.2, 0.25) is 11.8 Å². The van der Waals surface area contributed by atoms with Crippen molar-refractivity contribution < 1.29 is 9.59 Å². The highest BCUT2D eigenvalue weighted by atomic mass is 16.2. The fourth-order valence-corrected chi connectivity index (χ4v) is 3.60. The minimum Gasteiger partial charge on any atom is -0.346 e. The third-order valence-electron chi connectivity index (χ3n) is 5.18. The van der Waals surface area contributed by atoms with E-state index < -0.39 is 0 Å². The molecule has 1 fully saturated rings. The van der Waals surface area contributed by atoms with Crippen molar-refractivity contribution in [2.75, 3.05) is 11.9 Å². The van der Waals surface area contributed by atoms with Crippen LogP contribution in [0, 0.1) is 17.2 Å². The number of amides is 2. The summed E-state index contributed by atoms with van der Waals surface area (Å²) in [5.74, 6) is 0.550. The van der Waals surface area contributed by atoms with E-state index in [2.05, 4.69) is 21.4 Å². The fourth-order valence-electron chi connectivity index (χ4n) is 3.60. The van der Waals surface area contributed by atoms with Crippen molar-refractivity contribution in [1.82, 2.24) is 14.9 Å². The van der Waals surface area contributed by atoms with Gasteiger partial charge < -0.3 is 15.2 Å². The molecule has 2 N–H and O–H groups in total. The number of hydrogen-bond acceptors (Lipinski definition) is 4. The molecule has 2 aromatic heterocycles. The monoisotopic (exact) mass is 363 g/mol. The van der Waals surface area contributed by atoms with Crippen molar-refractivity contribution in [1.29, 1.82) is 5.26 Å². The lowest BCUT2D eigenvalue weighted by Gasteiger charge is -2.32. The van der Waals surface area contributed by atoms with Crippen molar-refractivity contribution in [2.24, 2.45) is 5.92 Å². The van der Waals surface area contributed by atoms with Crippen LogP contribution in [0.4, 0.5) is 5.82 Å². The van der Waals surface area contributed by atoms with Gasteiger partial charge in [0.1, 0.15) is 17.9 Å². The van der Waals surface area contributed by atoms with Crippen LogP contribution in [0.2, 0.25) is 0 Å². The van der Waals surface area contributed by atoms with Crippen molar-refractivity contribution in [3.63, 3.8) is 0 Å². The minimum absolute atomic E-state index is 0.0265. The highest BCUT2D eigenvalue weighted by Crippen LogP contribution is 2.33. The molecule has 3 heterocycles. The largest absolute Gasteiger partial charge is 0.346 e. The summed E-state index contributed by atoms with van der Waals surface area (Å²) >= 11 is 0. The molecule has 2 aliphatic rings. The number of H-pyrrole nitrogens is 1. The van der Waals surface area contributed by atoms with Crippen LogP contribution in [-0.2, 0) is 9.59 Å². The number of pyridine rings is 1. The zero-order valence-electron chi connectivity index (χ0n) is 15.2. The number of nitrogens with zero attached hydrogens (tertiary/aromatic N) is 3. The van der Waals surface area contributed by atoms with Gasteiger partial charge in [0.25, 0.3) is 0 Å². The second kappa shape index (κ2) is 6.88. The number of rotatable bonds is 4. The first-order valence-corrected chi connectivity index (χ1v) is 9.23. The molecule has 1 atom stereocenters. The summed E-state index contributed by atoms with van der Waals surface area (Å²) in [4.78, 5) is 33.6. The van der Waals surface area contributed by atoms with Crippen LogP contribution in [0.1, 0.15) is 38.2 Å². The number of aromatic nitrogens is 2. The van der Waals surface area contributed by atoms with Crippen LogP contribution in [0.3, 0.4) is 0 Å². The standard InChI is InChI=1S/C20H21N5O2/c1-12-10-14(6-9-25(12)18(26)4-7-21)16-11-17(24-20(27)13-2-3-13)23-19-15(16)5-8-22-19/h5,8,10-13H,2-4,6,9H2,1H3,(H2,22,23,24,27)/t12-/m0/s1. The Morgan fingerprint density at radius 1 is 1.44 bits per heavy atom. The molecule has 2 amide bonds. The van der Waals surface area contributed by atoms with Crippen molar-refractivity contribution >= 4 is 34.2 Å². The molecule has 1 aliphatic heterocycles. The minimum atomic E-state index is -0.140. The van der Waals surface area contributed by atoms with E-state index in [1.807, 2.05) is 31.3 Å². The lowest BCUT2D eigenvalue weighted by atomic mass is 9.94. The number of carbonyl (C=O) groups is 2. The Morgan fingerprint density at radius 3 is 2.96 bits per heavy atom. The predicted octanol–water partition coefficient (Wildman–Crippen LogP) is 2.83. The van der Waals surface area contributed by atoms with Gasteiger partial charge in [-0.15, -0.1) is 0 Å². The van der Waals surface area contributed by atoms with E-state index in [4.69, 9.17) is 5.26 Å².